The molecule has 6 nitrogen and oxygen atoms in total. The molecule has 0 radical (unpaired) electrons. The average molecular weight is 286 g/mol. The standard InChI is InChI=1S/C15H14N2O4/c1-11(18)21-10-14-9-12(7-8-15(19)20)16-17(14)13-5-3-2-4-6-13/h2-9H,10H2,1H3,(H,19,20)/b8-7+. The molecule has 0 amide bonds. The van der Waals surface area contributed by atoms with Crippen molar-refractivity contribution in [2.45, 2.75) is 13.5 Å². The normalized spacial score (nSPS) is 10.7. The van der Waals surface area contributed by atoms with Gasteiger partial charge in [-0.2, -0.15) is 5.10 Å². The Kier molecular flexibility index (Phi) is 4.50. The van der Waals surface area contributed by atoms with E-state index in [0.29, 0.717) is 11.4 Å². The minimum absolute atomic E-state index is 0.0676. The number of benzene rings is 1. The third-order valence-corrected chi connectivity index (χ3v) is 2.62. The molecule has 0 aliphatic rings. The van der Waals surface area contributed by atoms with Crippen molar-refractivity contribution < 1.29 is 19.4 Å². The number of aliphatic carboxylic acids is 1. The molecule has 0 saturated heterocycles. The molecule has 6 heteroatoms. The zero-order valence-corrected chi connectivity index (χ0v) is 11.4. The van der Waals surface area contributed by atoms with Crippen LogP contribution in [-0.4, -0.2) is 26.8 Å². The second-order valence-corrected chi connectivity index (χ2v) is 4.26. The Morgan fingerprint density at radius 1 is 1.33 bits per heavy atom. The number of esters is 1. The highest BCUT2D eigenvalue weighted by Crippen LogP contribution is 2.14. The highest BCUT2D eigenvalue weighted by atomic mass is 16.5. The van der Waals surface area contributed by atoms with Crippen LogP contribution in [0, 0.1) is 0 Å². The van der Waals surface area contributed by atoms with Gasteiger partial charge in [0.25, 0.3) is 0 Å². The van der Waals surface area contributed by atoms with Crippen LogP contribution >= 0.6 is 0 Å². The quantitative estimate of drug-likeness (QED) is 0.672. The summed E-state index contributed by atoms with van der Waals surface area (Å²) < 4.78 is 6.60. The van der Waals surface area contributed by atoms with Crippen molar-refractivity contribution in [3.05, 3.63) is 53.9 Å². The lowest BCUT2D eigenvalue weighted by molar-refractivity contribution is -0.142. The number of para-hydroxylation sites is 1. The number of carbonyl (C=O) groups excluding carboxylic acids is 1. The largest absolute Gasteiger partial charge is 0.478 e. The van der Waals surface area contributed by atoms with Gasteiger partial charge in [0.1, 0.15) is 6.61 Å². The Morgan fingerprint density at radius 3 is 2.67 bits per heavy atom. The number of ether oxygens (including phenoxy) is 1. The molecule has 0 aliphatic carbocycles. The Morgan fingerprint density at radius 2 is 2.05 bits per heavy atom. The van der Waals surface area contributed by atoms with Crippen LogP contribution in [0.1, 0.15) is 18.3 Å². The second kappa shape index (κ2) is 6.51. The summed E-state index contributed by atoms with van der Waals surface area (Å²) >= 11 is 0. The highest BCUT2D eigenvalue weighted by molar-refractivity contribution is 5.84. The van der Waals surface area contributed by atoms with E-state index in [-0.39, 0.29) is 6.61 Å². The monoisotopic (exact) mass is 286 g/mol. The van der Waals surface area contributed by atoms with Crippen LogP contribution < -0.4 is 0 Å². The summed E-state index contributed by atoms with van der Waals surface area (Å²) in [4.78, 5) is 21.5. The molecular weight excluding hydrogens is 272 g/mol. The summed E-state index contributed by atoms with van der Waals surface area (Å²) in [6.45, 7) is 1.40. The molecule has 108 valence electrons. The molecule has 1 heterocycles. The number of hydrogen-bond donors (Lipinski definition) is 1. The Bertz CT molecular complexity index is 674. The molecular formula is C15H14N2O4. The van der Waals surface area contributed by atoms with Crippen molar-refractivity contribution in [2.24, 2.45) is 0 Å². The molecule has 2 rings (SSSR count). The molecule has 0 aliphatic heterocycles. The van der Waals surface area contributed by atoms with Gasteiger partial charge in [0, 0.05) is 13.0 Å². The number of hydrogen-bond acceptors (Lipinski definition) is 4. The van der Waals surface area contributed by atoms with E-state index in [0.717, 1.165) is 11.8 Å². The lowest BCUT2D eigenvalue weighted by Crippen LogP contribution is -2.06. The first kappa shape index (κ1) is 14.5. The smallest absolute Gasteiger partial charge is 0.328 e. The van der Waals surface area contributed by atoms with Gasteiger partial charge in [-0.05, 0) is 24.3 Å². The third kappa shape index (κ3) is 4.04. The van der Waals surface area contributed by atoms with E-state index in [4.69, 9.17) is 9.84 Å². The maximum absolute atomic E-state index is 10.9. The van der Waals surface area contributed by atoms with Crippen LogP contribution in [0.4, 0.5) is 0 Å². The summed E-state index contributed by atoms with van der Waals surface area (Å²) in [6, 6.07) is 11.0. The maximum Gasteiger partial charge on any atom is 0.328 e. The number of nitrogens with zero attached hydrogens (tertiary/aromatic N) is 2. The van der Waals surface area contributed by atoms with E-state index < -0.39 is 11.9 Å². The van der Waals surface area contributed by atoms with Crippen molar-refractivity contribution in [3.63, 3.8) is 0 Å². The number of rotatable bonds is 5. The Balaban J connectivity index is 2.36. The molecule has 21 heavy (non-hydrogen) atoms. The molecule has 0 unspecified atom stereocenters. The van der Waals surface area contributed by atoms with Crippen LogP contribution in [0.2, 0.25) is 0 Å². The molecule has 0 fully saturated rings. The first-order valence-electron chi connectivity index (χ1n) is 6.25. The topological polar surface area (TPSA) is 81.4 Å². The predicted molar refractivity (Wildman–Crippen MR) is 75.7 cm³/mol. The van der Waals surface area contributed by atoms with Gasteiger partial charge in [0.15, 0.2) is 0 Å². The van der Waals surface area contributed by atoms with Crippen molar-refractivity contribution >= 4 is 18.0 Å². The second-order valence-electron chi connectivity index (χ2n) is 4.26. The van der Waals surface area contributed by atoms with Gasteiger partial charge >= 0.3 is 11.9 Å². The minimum Gasteiger partial charge on any atom is -0.478 e. The molecule has 0 bridgehead atoms. The molecule has 1 aromatic carbocycles. The zero-order chi connectivity index (χ0) is 15.2. The fraction of sp³-hybridized carbons (Fsp3) is 0.133. The number of carbonyl (C=O) groups is 2. The SMILES string of the molecule is CC(=O)OCc1cc(/C=C/C(=O)O)nn1-c1ccccc1. The van der Waals surface area contributed by atoms with E-state index in [1.807, 2.05) is 30.3 Å². The molecule has 1 aromatic heterocycles. The fourth-order valence-corrected chi connectivity index (χ4v) is 1.75. The number of carboxylic acids is 1. The van der Waals surface area contributed by atoms with E-state index in [9.17, 15) is 9.59 Å². The van der Waals surface area contributed by atoms with Crippen LogP contribution in [0.25, 0.3) is 11.8 Å². The van der Waals surface area contributed by atoms with Crippen molar-refractivity contribution in [1.82, 2.24) is 9.78 Å². The Labute approximate surface area is 121 Å². The van der Waals surface area contributed by atoms with E-state index in [1.165, 1.54) is 13.0 Å². The van der Waals surface area contributed by atoms with Gasteiger partial charge in [0.05, 0.1) is 17.1 Å². The van der Waals surface area contributed by atoms with Crippen molar-refractivity contribution in [3.8, 4) is 5.69 Å². The van der Waals surface area contributed by atoms with Gasteiger partial charge in [-0.1, -0.05) is 18.2 Å². The lowest BCUT2D eigenvalue weighted by Gasteiger charge is -2.06. The average Bonchev–Trinajstić information content (AvgIpc) is 2.87. The van der Waals surface area contributed by atoms with Crippen molar-refractivity contribution in [2.75, 3.05) is 0 Å². The number of aromatic nitrogens is 2. The number of carboxylic acid groups (broad SMARTS) is 1. The third-order valence-electron chi connectivity index (χ3n) is 2.62. The molecule has 0 atom stereocenters. The molecule has 0 spiro atoms. The minimum atomic E-state index is -1.05. The summed E-state index contributed by atoms with van der Waals surface area (Å²) in [7, 11) is 0. The predicted octanol–water partition coefficient (Wildman–Crippen LogP) is 2.03. The van der Waals surface area contributed by atoms with Gasteiger partial charge < -0.3 is 9.84 Å². The van der Waals surface area contributed by atoms with E-state index in [2.05, 4.69) is 5.10 Å². The van der Waals surface area contributed by atoms with E-state index >= 15 is 0 Å². The first-order chi connectivity index (χ1) is 10.1. The van der Waals surface area contributed by atoms with Crippen LogP contribution in [0.15, 0.2) is 42.5 Å². The van der Waals surface area contributed by atoms with Gasteiger partial charge in [-0.3, -0.25) is 4.79 Å². The Hall–Kier alpha value is -2.89. The lowest BCUT2D eigenvalue weighted by atomic mass is 10.3. The molecule has 2 aromatic rings. The first-order valence-corrected chi connectivity index (χ1v) is 6.25. The maximum atomic E-state index is 10.9. The van der Waals surface area contributed by atoms with Crippen LogP contribution in [0.3, 0.4) is 0 Å². The summed E-state index contributed by atoms with van der Waals surface area (Å²) in [6.07, 6.45) is 2.40. The highest BCUT2D eigenvalue weighted by Gasteiger charge is 2.09. The summed E-state index contributed by atoms with van der Waals surface area (Å²) in [5.74, 6) is -1.44. The van der Waals surface area contributed by atoms with Gasteiger partial charge in [-0.15, -0.1) is 0 Å². The molecule has 1 N–H and O–H groups in total. The van der Waals surface area contributed by atoms with E-state index in [1.54, 1.807) is 10.7 Å². The fourth-order valence-electron chi connectivity index (χ4n) is 1.75. The van der Waals surface area contributed by atoms with Crippen LogP contribution in [0.5, 0.6) is 0 Å². The summed E-state index contributed by atoms with van der Waals surface area (Å²) in [5, 5.41) is 13.0. The van der Waals surface area contributed by atoms with Gasteiger partial charge in [0.2, 0.25) is 0 Å². The van der Waals surface area contributed by atoms with Crippen LogP contribution in [-0.2, 0) is 20.9 Å². The molecule has 0 saturated carbocycles. The summed E-state index contributed by atoms with van der Waals surface area (Å²) in [5.41, 5.74) is 1.93. The van der Waals surface area contributed by atoms with Gasteiger partial charge in [-0.25, -0.2) is 9.48 Å². The van der Waals surface area contributed by atoms with Crippen molar-refractivity contribution in [1.29, 1.82) is 0 Å². The zero-order valence-electron chi connectivity index (χ0n) is 11.4.